The van der Waals surface area contributed by atoms with Crippen LogP contribution in [0.2, 0.25) is 0 Å². The summed E-state index contributed by atoms with van der Waals surface area (Å²) < 4.78 is 11.3. The first-order valence-electron chi connectivity index (χ1n) is 9.55. The Hall–Kier alpha value is -2.53. The summed E-state index contributed by atoms with van der Waals surface area (Å²) in [6, 6.07) is 17.6. The first-order valence-corrected chi connectivity index (χ1v) is 9.55. The Bertz CT molecular complexity index is 729. The van der Waals surface area contributed by atoms with Crippen LogP contribution in [0.4, 0.5) is 0 Å². The summed E-state index contributed by atoms with van der Waals surface area (Å²) in [7, 11) is 1.69. The minimum Gasteiger partial charge on any atom is -0.496 e. The molecule has 144 valence electrons. The third kappa shape index (κ3) is 5.01. The van der Waals surface area contributed by atoms with Crippen LogP contribution in [-0.4, -0.2) is 43.7 Å². The number of carbonyl (C=O) groups excluding carboxylic acids is 1. The molecule has 0 aliphatic carbocycles. The summed E-state index contributed by atoms with van der Waals surface area (Å²) in [5.74, 6) is 1.44. The van der Waals surface area contributed by atoms with Crippen LogP contribution in [0.3, 0.4) is 0 Å². The van der Waals surface area contributed by atoms with Crippen molar-refractivity contribution in [3.8, 4) is 11.5 Å². The minimum absolute atomic E-state index is 0.0940. The SMILES string of the molecule is COc1ccccc1C(CNC(=O)C(C)Oc1ccccc1)N1CCCC1. The molecule has 0 spiro atoms. The van der Waals surface area contributed by atoms with Gasteiger partial charge >= 0.3 is 0 Å². The number of methoxy groups -OCH3 is 1. The number of likely N-dealkylation sites (tertiary alicyclic amines) is 1. The molecule has 27 heavy (non-hydrogen) atoms. The molecule has 1 N–H and O–H groups in total. The molecule has 1 fully saturated rings. The minimum atomic E-state index is -0.552. The maximum absolute atomic E-state index is 12.6. The summed E-state index contributed by atoms with van der Waals surface area (Å²) in [6.07, 6.45) is 1.82. The fourth-order valence-electron chi connectivity index (χ4n) is 3.53. The molecule has 2 atom stereocenters. The van der Waals surface area contributed by atoms with Crippen LogP contribution < -0.4 is 14.8 Å². The fourth-order valence-corrected chi connectivity index (χ4v) is 3.53. The number of benzene rings is 2. The highest BCUT2D eigenvalue weighted by atomic mass is 16.5. The first kappa shape index (κ1) is 19.2. The Morgan fingerprint density at radius 2 is 1.74 bits per heavy atom. The smallest absolute Gasteiger partial charge is 0.260 e. The van der Waals surface area contributed by atoms with E-state index in [0.29, 0.717) is 12.3 Å². The molecule has 1 heterocycles. The molecule has 2 aromatic carbocycles. The van der Waals surface area contributed by atoms with Crippen molar-refractivity contribution >= 4 is 5.91 Å². The Morgan fingerprint density at radius 1 is 1.07 bits per heavy atom. The monoisotopic (exact) mass is 368 g/mol. The number of hydrogen-bond donors (Lipinski definition) is 1. The van der Waals surface area contributed by atoms with E-state index in [1.54, 1.807) is 14.0 Å². The molecule has 5 nitrogen and oxygen atoms in total. The molecule has 1 aliphatic heterocycles. The van der Waals surface area contributed by atoms with E-state index in [9.17, 15) is 4.79 Å². The van der Waals surface area contributed by atoms with Gasteiger partial charge in [0.1, 0.15) is 11.5 Å². The quantitative estimate of drug-likeness (QED) is 0.776. The second kappa shape index (κ2) is 9.42. The average molecular weight is 368 g/mol. The van der Waals surface area contributed by atoms with Crippen LogP contribution in [0, 0.1) is 0 Å². The molecule has 2 unspecified atom stereocenters. The van der Waals surface area contributed by atoms with Crippen LogP contribution in [-0.2, 0) is 4.79 Å². The van der Waals surface area contributed by atoms with Crippen molar-refractivity contribution in [2.24, 2.45) is 0 Å². The summed E-state index contributed by atoms with van der Waals surface area (Å²) in [6.45, 7) is 4.38. The van der Waals surface area contributed by atoms with Crippen molar-refractivity contribution in [3.05, 3.63) is 60.2 Å². The van der Waals surface area contributed by atoms with Gasteiger partial charge in [0.25, 0.3) is 5.91 Å². The van der Waals surface area contributed by atoms with Gasteiger partial charge in [-0.15, -0.1) is 0 Å². The van der Waals surface area contributed by atoms with Gasteiger partial charge in [-0.25, -0.2) is 0 Å². The van der Waals surface area contributed by atoms with Crippen molar-refractivity contribution in [3.63, 3.8) is 0 Å². The number of carbonyl (C=O) groups is 1. The normalized spacial score (nSPS) is 16.5. The number of nitrogens with one attached hydrogen (secondary N) is 1. The first-order chi connectivity index (χ1) is 13.2. The zero-order valence-corrected chi connectivity index (χ0v) is 16.1. The van der Waals surface area contributed by atoms with Crippen LogP contribution in [0.1, 0.15) is 31.4 Å². The topological polar surface area (TPSA) is 50.8 Å². The van der Waals surface area contributed by atoms with Crippen LogP contribution in [0.15, 0.2) is 54.6 Å². The lowest BCUT2D eigenvalue weighted by Crippen LogP contribution is -2.42. The Balaban J connectivity index is 1.66. The van der Waals surface area contributed by atoms with Crippen LogP contribution >= 0.6 is 0 Å². The zero-order chi connectivity index (χ0) is 19.1. The summed E-state index contributed by atoms with van der Waals surface area (Å²) >= 11 is 0. The number of amides is 1. The molecule has 0 bridgehead atoms. The lowest BCUT2D eigenvalue weighted by Gasteiger charge is -2.29. The molecule has 5 heteroatoms. The van der Waals surface area contributed by atoms with E-state index in [1.807, 2.05) is 48.5 Å². The van der Waals surface area contributed by atoms with E-state index in [4.69, 9.17) is 9.47 Å². The lowest BCUT2D eigenvalue weighted by molar-refractivity contribution is -0.127. The molecule has 1 saturated heterocycles. The van der Waals surface area contributed by atoms with Gasteiger partial charge in [0.15, 0.2) is 6.10 Å². The fraction of sp³-hybridized carbons (Fsp3) is 0.409. The average Bonchev–Trinajstić information content (AvgIpc) is 3.23. The van der Waals surface area contributed by atoms with E-state index in [1.165, 1.54) is 12.8 Å². The maximum atomic E-state index is 12.6. The summed E-state index contributed by atoms with van der Waals surface area (Å²) in [5.41, 5.74) is 1.11. The molecule has 1 amide bonds. The van der Waals surface area contributed by atoms with E-state index >= 15 is 0 Å². The largest absolute Gasteiger partial charge is 0.496 e. The van der Waals surface area contributed by atoms with Gasteiger partial charge in [0, 0.05) is 12.1 Å². The molecule has 0 aromatic heterocycles. The van der Waals surface area contributed by atoms with E-state index < -0.39 is 6.10 Å². The Labute approximate surface area is 161 Å². The number of rotatable bonds is 8. The number of nitrogens with zero attached hydrogens (tertiary/aromatic N) is 1. The molecule has 3 rings (SSSR count). The number of hydrogen-bond acceptors (Lipinski definition) is 4. The summed E-state index contributed by atoms with van der Waals surface area (Å²) in [5, 5.41) is 3.07. The molecule has 1 aliphatic rings. The van der Waals surface area contributed by atoms with Gasteiger partial charge < -0.3 is 14.8 Å². The van der Waals surface area contributed by atoms with Crippen molar-refractivity contribution in [1.29, 1.82) is 0 Å². The highest BCUT2D eigenvalue weighted by molar-refractivity contribution is 5.80. The van der Waals surface area contributed by atoms with E-state index in [-0.39, 0.29) is 11.9 Å². The lowest BCUT2D eigenvalue weighted by atomic mass is 10.0. The van der Waals surface area contributed by atoms with Crippen molar-refractivity contribution in [2.45, 2.75) is 31.9 Å². The number of para-hydroxylation sites is 2. The molecule has 0 radical (unpaired) electrons. The molecule has 2 aromatic rings. The predicted molar refractivity (Wildman–Crippen MR) is 106 cm³/mol. The maximum Gasteiger partial charge on any atom is 0.260 e. The van der Waals surface area contributed by atoms with Crippen molar-refractivity contribution in [2.75, 3.05) is 26.7 Å². The second-order valence-corrected chi connectivity index (χ2v) is 6.82. The molecular weight excluding hydrogens is 340 g/mol. The molecule has 0 saturated carbocycles. The standard InChI is InChI=1S/C22H28N2O3/c1-17(27-18-10-4-3-5-11-18)22(25)23-16-20(24-14-8-9-15-24)19-12-6-7-13-21(19)26-2/h3-7,10-13,17,20H,8-9,14-16H2,1-2H3,(H,23,25). The number of ether oxygens (including phenoxy) is 2. The van der Waals surface area contributed by atoms with Gasteiger partial charge in [0.05, 0.1) is 13.2 Å². The van der Waals surface area contributed by atoms with E-state index in [2.05, 4.69) is 16.3 Å². The summed E-state index contributed by atoms with van der Waals surface area (Å²) in [4.78, 5) is 15.0. The highest BCUT2D eigenvalue weighted by Gasteiger charge is 2.27. The molecular formula is C22H28N2O3. The van der Waals surface area contributed by atoms with Gasteiger partial charge in [-0.2, -0.15) is 0 Å². The highest BCUT2D eigenvalue weighted by Crippen LogP contribution is 2.31. The van der Waals surface area contributed by atoms with Gasteiger partial charge in [-0.1, -0.05) is 36.4 Å². The van der Waals surface area contributed by atoms with E-state index in [0.717, 1.165) is 24.4 Å². The Kier molecular flexibility index (Phi) is 6.71. The van der Waals surface area contributed by atoms with Gasteiger partial charge in [-0.3, -0.25) is 9.69 Å². The zero-order valence-electron chi connectivity index (χ0n) is 16.1. The van der Waals surface area contributed by atoms with Crippen LogP contribution in [0.5, 0.6) is 11.5 Å². The predicted octanol–water partition coefficient (Wildman–Crippen LogP) is 3.42. The second-order valence-electron chi connectivity index (χ2n) is 6.82. The van der Waals surface area contributed by atoms with Gasteiger partial charge in [-0.05, 0) is 51.1 Å². The van der Waals surface area contributed by atoms with Gasteiger partial charge in [0.2, 0.25) is 0 Å². The third-order valence-electron chi connectivity index (χ3n) is 4.97. The third-order valence-corrected chi connectivity index (χ3v) is 4.97. The van der Waals surface area contributed by atoms with Crippen molar-refractivity contribution < 1.29 is 14.3 Å². The van der Waals surface area contributed by atoms with Crippen molar-refractivity contribution in [1.82, 2.24) is 10.2 Å². The van der Waals surface area contributed by atoms with Crippen LogP contribution in [0.25, 0.3) is 0 Å². The Morgan fingerprint density at radius 3 is 2.44 bits per heavy atom.